The molecular formula is C11H11ClN2O3. The van der Waals surface area contributed by atoms with Crippen LogP contribution >= 0.6 is 11.6 Å². The van der Waals surface area contributed by atoms with Gasteiger partial charge in [0.2, 0.25) is 0 Å². The summed E-state index contributed by atoms with van der Waals surface area (Å²) in [4.78, 5) is 0. The summed E-state index contributed by atoms with van der Waals surface area (Å²) in [6.45, 7) is 0. The number of nitrogens with zero attached hydrogens (tertiary/aromatic N) is 1. The van der Waals surface area contributed by atoms with E-state index in [1.54, 1.807) is 25.3 Å². The van der Waals surface area contributed by atoms with Crippen molar-refractivity contribution >= 4 is 17.4 Å². The molecule has 6 heteroatoms. The fourth-order valence-electron chi connectivity index (χ4n) is 1.54. The third kappa shape index (κ3) is 2.01. The van der Waals surface area contributed by atoms with Gasteiger partial charge in [0.05, 0.1) is 24.8 Å². The topological polar surface area (TPSA) is 70.5 Å². The van der Waals surface area contributed by atoms with Gasteiger partial charge in [-0.15, -0.1) is 0 Å². The lowest BCUT2D eigenvalue weighted by molar-refractivity contribution is 0.354. The number of halogens is 1. The van der Waals surface area contributed by atoms with Crippen LogP contribution in [0.5, 0.6) is 11.5 Å². The van der Waals surface area contributed by atoms with Gasteiger partial charge >= 0.3 is 0 Å². The van der Waals surface area contributed by atoms with Crippen molar-refractivity contribution in [2.24, 2.45) is 0 Å². The summed E-state index contributed by atoms with van der Waals surface area (Å²) in [7, 11) is 3.07. The van der Waals surface area contributed by atoms with Crippen LogP contribution < -0.4 is 15.2 Å². The molecule has 2 N–H and O–H groups in total. The predicted molar refractivity (Wildman–Crippen MR) is 64.5 cm³/mol. The second kappa shape index (κ2) is 4.55. The zero-order chi connectivity index (χ0) is 12.4. The number of ether oxygens (including phenoxy) is 2. The zero-order valence-electron chi connectivity index (χ0n) is 9.36. The molecule has 0 amide bonds. The monoisotopic (exact) mass is 254 g/mol. The van der Waals surface area contributed by atoms with Crippen molar-refractivity contribution < 1.29 is 14.0 Å². The number of hydrogen-bond acceptors (Lipinski definition) is 5. The highest BCUT2D eigenvalue weighted by atomic mass is 35.5. The van der Waals surface area contributed by atoms with E-state index in [1.165, 1.54) is 7.11 Å². The van der Waals surface area contributed by atoms with Crippen LogP contribution in [0.25, 0.3) is 11.3 Å². The van der Waals surface area contributed by atoms with Crippen LogP contribution in [0.15, 0.2) is 22.7 Å². The van der Waals surface area contributed by atoms with E-state index in [2.05, 4.69) is 5.16 Å². The van der Waals surface area contributed by atoms with Gasteiger partial charge in [-0.1, -0.05) is 16.8 Å². The standard InChI is InChI=1S/C11H11ClN2O3/c1-15-7-4-3-6(12)10(11(7)16-2)8-5-9(13)14-17-8/h3-5H,1-2H3,(H2,13,14). The molecule has 1 aromatic heterocycles. The Morgan fingerprint density at radius 3 is 2.59 bits per heavy atom. The number of nitrogens with two attached hydrogens (primary N) is 1. The Morgan fingerprint density at radius 1 is 1.29 bits per heavy atom. The summed E-state index contributed by atoms with van der Waals surface area (Å²) in [6, 6.07) is 4.98. The molecule has 90 valence electrons. The van der Waals surface area contributed by atoms with E-state index >= 15 is 0 Å². The average molecular weight is 255 g/mol. The summed E-state index contributed by atoms with van der Waals surface area (Å²) in [5, 5.41) is 4.08. The lowest BCUT2D eigenvalue weighted by atomic mass is 10.1. The first-order valence-electron chi connectivity index (χ1n) is 4.80. The number of anilines is 1. The maximum absolute atomic E-state index is 6.12. The Morgan fingerprint density at radius 2 is 2.06 bits per heavy atom. The fraction of sp³-hybridized carbons (Fsp3) is 0.182. The molecule has 2 aromatic rings. The number of nitrogen functional groups attached to an aromatic ring is 1. The van der Waals surface area contributed by atoms with E-state index in [4.69, 9.17) is 31.3 Å². The van der Waals surface area contributed by atoms with Crippen LogP contribution in [0.4, 0.5) is 5.82 Å². The molecule has 0 unspecified atom stereocenters. The van der Waals surface area contributed by atoms with Gasteiger partial charge in [0.15, 0.2) is 23.1 Å². The maximum atomic E-state index is 6.12. The average Bonchev–Trinajstić information content (AvgIpc) is 2.74. The molecule has 1 aromatic carbocycles. The van der Waals surface area contributed by atoms with Crippen molar-refractivity contribution in [3.05, 3.63) is 23.2 Å². The Labute approximate surface area is 103 Å². The largest absolute Gasteiger partial charge is 0.493 e. The van der Waals surface area contributed by atoms with E-state index in [0.29, 0.717) is 27.8 Å². The van der Waals surface area contributed by atoms with Crippen LogP contribution in [0, 0.1) is 0 Å². The number of aromatic nitrogens is 1. The van der Waals surface area contributed by atoms with Gasteiger partial charge in [0, 0.05) is 6.07 Å². The van der Waals surface area contributed by atoms with E-state index in [-0.39, 0.29) is 5.82 Å². The highest BCUT2D eigenvalue weighted by Gasteiger charge is 2.19. The number of rotatable bonds is 3. The Hall–Kier alpha value is -1.88. The normalized spacial score (nSPS) is 10.3. The van der Waals surface area contributed by atoms with Crippen molar-refractivity contribution in [1.29, 1.82) is 0 Å². The maximum Gasteiger partial charge on any atom is 0.174 e. The van der Waals surface area contributed by atoms with Crippen LogP contribution in [0.3, 0.4) is 0 Å². The van der Waals surface area contributed by atoms with Gasteiger partial charge in [-0.2, -0.15) is 0 Å². The molecular weight excluding hydrogens is 244 g/mol. The van der Waals surface area contributed by atoms with Gasteiger partial charge in [0.25, 0.3) is 0 Å². The van der Waals surface area contributed by atoms with E-state index in [0.717, 1.165) is 0 Å². The predicted octanol–water partition coefficient (Wildman–Crippen LogP) is 2.59. The van der Waals surface area contributed by atoms with Crippen LogP contribution in [0.2, 0.25) is 5.02 Å². The molecule has 0 bridgehead atoms. The van der Waals surface area contributed by atoms with Crippen molar-refractivity contribution in [1.82, 2.24) is 5.16 Å². The smallest absolute Gasteiger partial charge is 0.174 e. The first-order valence-corrected chi connectivity index (χ1v) is 5.18. The zero-order valence-corrected chi connectivity index (χ0v) is 10.1. The minimum absolute atomic E-state index is 0.279. The number of benzene rings is 1. The van der Waals surface area contributed by atoms with Gasteiger partial charge in [-0.25, -0.2) is 0 Å². The van der Waals surface area contributed by atoms with Crippen LogP contribution in [-0.2, 0) is 0 Å². The van der Waals surface area contributed by atoms with Crippen LogP contribution in [-0.4, -0.2) is 19.4 Å². The van der Waals surface area contributed by atoms with Crippen molar-refractivity contribution in [2.45, 2.75) is 0 Å². The molecule has 5 nitrogen and oxygen atoms in total. The van der Waals surface area contributed by atoms with Crippen molar-refractivity contribution in [3.8, 4) is 22.8 Å². The summed E-state index contributed by atoms with van der Waals surface area (Å²) in [5.41, 5.74) is 6.08. The summed E-state index contributed by atoms with van der Waals surface area (Å²) in [5.74, 6) is 1.75. The molecule has 0 spiro atoms. The molecule has 0 fully saturated rings. The highest BCUT2D eigenvalue weighted by molar-refractivity contribution is 6.33. The Bertz CT molecular complexity index is 540. The van der Waals surface area contributed by atoms with Gasteiger partial charge < -0.3 is 19.7 Å². The lowest BCUT2D eigenvalue weighted by Gasteiger charge is -2.11. The minimum atomic E-state index is 0.279. The first kappa shape index (κ1) is 11.6. The minimum Gasteiger partial charge on any atom is -0.493 e. The molecule has 0 aliphatic rings. The third-order valence-corrected chi connectivity index (χ3v) is 2.58. The third-order valence-electron chi connectivity index (χ3n) is 2.27. The molecule has 2 rings (SSSR count). The second-order valence-corrected chi connectivity index (χ2v) is 3.68. The van der Waals surface area contributed by atoms with E-state index in [1.807, 2.05) is 0 Å². The Kier molecular flexibility index (Phi) is 3.10. The summed E-state index contributed by atoms with van der Waals surface area (Å²) < 4.78 is 15.5. The molecule has 0 saturated heterocycles. The SMILES string of the molecule is COc1ccc(Cl)c(-c2cc(N)no2)c1OC. The van der Waals surface area contributed by atoms with Gasteiger partial charge in [-0.3, -0.25) is 0 Å². The van der Waals surface area contributed by atoms with Crippen molar-refractivity contribution in [2.75, 3.05) is 20.0 Å². The van der Waals surface area contributed by atoms with E-state index in [9.17, 15) is 0 Å². The quantitative estimate of drug-likeness (QED) is 0.912. The molecule has 0 aliphatic carbocycles. The summed E-state index contributed by atoms with van der Waals surface area (Å²) >= 11 is 6.12. The Balaban J connectivity index is 2.66. The van der Waals surface area contributed by atoms with Crippen molar-refractivity contribution in [3.63, 3.8) is 0 Å². The molecule has 17 heavy (non-hydrogen) atoms. The lowest BCUT2D eigenvalue weighted by Crippen LogP contribution is -1.93. The van der Waals surface area contributed by atoms with Gasteiger partial charge in [0.1, 0.15) is 0 Å². The first-order chi connectivity index (χ1) is 8.17. The molecule has 0 atom stereocenters. The molecule has 0 aliphatic heterocycles. The second-order valence-electron chi connectivity index (χ2n) is 3.27. The van der Waals surface area contributed by atoms with Crippen LogP contribution in [0.1, 0.15) is 0 Å². The number of methoxy groups -OCH3 is 2. The van der Waals surface area contributed by atoms with E-state index < -0.39 is 0 Å². The highest BCUT2D eigenvalue weighted by Crippen LogP contribution is 2.43. The van der Waals surface area contributed by atoms with Gasteiger partial charge in [-0.05, 0) is 12.1 Å². The number of hydrogen-bond donors (Lipinski definition) is 1. The molecule has 0 saturated carbocycles. The molecule has 1 heterocycles. The fourth-order valence-corrected chi connectivity index (χ4v) is 1.78. The molecule has 0 radical (unpaired) electrons. The summed E-state index contributed by atoms with van der Waals surface area (Å²) in [6.07, 6.45) is 0.